The lowest BCUT2D eigenvalue weighted by Crippen LogP contribution is -2.05. The summed E-state index contributed by atoms with van der Waals surface area (Å²) in [5.41, 5.74) is 2.35. The molecule has 98 valence electrons. The Hall–Kier alpha value is -1.00. The second-order valence-corrected chi connectivity index (χ2v) is 6.13. The number of rotatable bonds is 3. The molecule has 0 fully saturated rings. The first kappa shape index (κ1) is 14.4. The van der Waals surface area contributed by atoms with Crippen molar-refractivity contribution < 1.29 is 9.18 Å². The molecule has 0 aliphatic heterocycles. The molecule has 0 atom stereocenters. The minimum Gasteiger partial charge on any atom is -0.294 e. The lowest BCUT2D eigenvalue weighted by atomic mass is 10.0. The number of halogens is 3. The topological polar surface area (TPSA) is 17.1 Å². The fourth-order valence-electron chi connectivity index (χ4n) is 1.84. The number of benzene rings is 2. The Morgan fingerprint density at radius 1 is 1.16 bits per heavy atom. The largest absolute Gasteiger partial charge is 0.294 e. The first-order chi connectivity index (χ1) is 8.95. The van der Waals surface area contributed by atoms with Crippen molar-refractivity contribution in [2.24, 2.45) is 0 Å². The minimum atomic E-state index is -0.347. The van der Waals surface area contributed by atoms with E-state index in [-0.39, 0.29) is 18.0 Å². The highest BCUT2D eigenvalue weighted by atomic mass is 79.9. The van der Waals surface area contributed by atoms with Crippen molar-refractivity contribution >= 4 is 37.6 Å². The maximum absolute atomic E-state index is 13.3. The van der Waals surface area contributed by atoms with Crippen molar-refractivity contribution in [3.05, 3.63) is 67.9 Å². The van der Waals surface area contributed by atoms with Crippen LogP contribution >= 0.6 is 31.9 Å². The normalized spacial score (nSPS) is 10.5. The van der Waals surface area contributed by atoms with Crippen molar-refractivity contribution in [1.29, 1.82) is 0 Å². The van der Waals surface area contributed by atoms with Crippen LogP contribution in [0.4, 0.5) is 4.39 Å². The molecule has 2 rings (SSSR count). The van der Waals surface area contributed by atoms with Crippen LogP contribution in [0.15, 0.2) is 45.3 Å². The summed E-state index contributed by atoms with van der Waals surface area (Å²) in [7, 11) is 0. The highest BCUT2D eigenvalue weighted by Crippen LogP contribution is 2.21. The van der Waals surface area contributed by atoms with E-state index in [9.17, 15) is 9.18 Å². The van der Waals surface area contributed by atoms with Gasteiger partial charge in [-0.15, -0.1) is 0 Å². The monoisotopic (exact) mass is 384 g/mol. The number of hydrogen-bond donors (Lipinski definition) is 0. The third-order valence-electron chi connectivity index (χ3n) is 2.71. The van der Waals surface area contributed by atoms with Crippen molar-refractivity contribution in [2.75, 3.05) is 0 Å². The predicted octanol–water partition coefficient (Wildman–Crippen LogP) is 5.08. The summed E-state index contributed by atoms with van der Waals surface area (Å²) < 4.78 is 14.7. The van der Waals surface area contributed by atoms with Gasteiger partial charge in [0, 0.05) is 20.9 Å². The SMILES string of the molecule is Cc1ccc(C(=O)Cc2cc(F)cc(Br)c2)c(Br)c1. The molecule has 0 saturated heterocycles. The van der Waals surface area contributed by atoms with Crippen LogP contribution in [0.1, 0.15) is 21.5 Å². The van der Waals surface area contributed by atoms with E-state index in [0.717, 1.165) is 10.0 Å². The Morgan fingerprint density at radius 2 is 1.89 bits per heavy atom. The van der Waals surface area contributed by atoms with Crippen LogP contribution in [0.5, 0.6) is 0 Å². The molecule has 0 spiro atoms. The summed E-state index contributed by atoms with van der Waals surface area (Å²) in [6, 6.07) is 10.1. The predicted molar refractivity (Wildman–Crippen MR) is 81.0 cm³/mol. The Balaban J connectivity index is 2.25. The molecule has 19 heavy (non-hydrogen) atoms. The third kappa shape index (κ3) is 3.74. The average molecular weight is 386 g/mol. The first-order valence-electron chi connectivity index (χ1n) is 5.70. The molecule has 2 aromatic carbocycles. The van der Waals surface area contributed by atoms with Crippen molar-refractivity contribution in [1.82, 2.24) is 0 Å². The number of aryl methyl sites for hydroxylation is 1. The number of ketones is 1. The molecule has 0 N–H and O–H groups in total. The zero-order valence-corrected chi connectivity index (χ0v) is 13.4. The molecule has 0 heterocycles. The standard InChI is InChI=1S/C15H11Br2FO/c1-9-2-3-13(14(17)4-9)15(19)7-10-5-11(16)8-12(18)6-10/h2-6,8H,7H2,1H3. The second kappa shape index (κ2) is 5.97. The summed E-state index contributed by atoms with van der Waals surface area (Å²) in [5.74, 6) is -0.385. The number of carbonyl (C=O) groups is 1. The molecule has 0 radical (unpaired) electrons. The fraction of sp³-hybridized carbons (Fsp3) is 0.133. The average Bonchev–Trinajstić information content (AvgIpc) is 2.26. The molecule has 4 heteroatoms. The van der Waals surface area contributed by atoms with Crippen LogP contribution in [0, 0.1) is 12.7 Å². The molecule has 2 aromatic rings. The third-order valence-corrected chi connectivity index (χ3v) is 3.83. The van der Waals surface area contributed by atoms with E-state index in [1.54, 1.807) is 12.1 Å². The summed E-state index contributed by atoms with van der Waals surface area (Å²) >= 11 is 6.61. The van der Waals surface area contributed by atoms with Crippen LogP contribution in [-0.2, 0) is 6.42 Å². The van der Waals surface area contributed by atoms with Crippen LogP contribution in [0.2, 0.25) is 0 Å². The maximum atomic E-state index is 13.3. The van der Waals surface area contributed by atoms with E-state index < -0.39 is 0 Å². The second-order valence-electron chi connectivity index (χ2n) is 4.36. The van der Waals surface area contributed by atoms with Gasteiger partial charge < -0.3 is 0 Å². The highest BCUT2D eigenvalue weighted by molar-refractivity contribution is 9.10. The van der Waals surface area contributed by atoms with E-state index in [2.05, 4.69) is 31.9 Å². The lowest BCUT2D eigenvalue weighted by molar-refractivity contribution is 0.0992. The summed E-state index contributed by atoms with van der Waals surface area (Å²) in [6.45, 7) is 1.96. The highest BCUT2D eigenvalue weighted by Gasteiger charge is 2.12. The van der Waals surface area contributed by atoms with Gasteiger partial charge >= 0.3 is 0 Å². The molecule has 0 unspecified atom stereocenters. The van der Waals surface area contributed by atoms with Gasteiger partial charge in [-0.05, 0) is 48.4 Å². The van der Waals surface area contributed by atoms with Gasteiger partial charge in [-0.3, -0.25) is 4.79 Å². The van der Waals surface area contributed by atoms with Gasteiger partial charge in [-0.2, -0.15) is 0 Å². The zero-order valence-electron chi connectivity index (χ0n) is 10.2. The van der Waals surface area contributed by atoms with Crippen molar-refractivity contribution in [3.8, 4) is 0 Å². The van der Waals surface area contributed by atoms with Crippen LogP contribution in [-0.4, -0.2) is 5.78 Å². The zero-order chi connectivity index (χ0) is 14.0. The van der Waals surface area contributed by atoms with Gasteiger partial charge in [-0.25, -0.2) is 4.39 Å². The molecule has 0 aliphatic rings. The quantitative estimate of drug-likeness (QED) is 0.673. The molecule has 0 aromatic heterocycles. The maximum Gasteiger partial charge on any atom is 0.168 e. The Bertz CT molecular complexity index is 618. The summed E-state index contributed by atoms with van der Waals surface area (Å²) in [5, 5.41) is 0. The van der Waals surface area contributed by atoms with Crippen molar-refractivity contribution in [2.45, 2.75) is 13.3 Å². The first-order valence-corrected chi connectivity index (χ1v) is 7.28. The minimum absolute atomic E-state index is 0.0376. The summed E-state index contributed by atoms with van der Waals surface area (Å²) in [6.07, 6.45) is 0.179. The molecule has 0 aliphatic carbocycles. The molecular formula is C15H11Br2FO. The number of carbonyl (C=O) groups excluding carboxylic acids is 1. The van der Waals surface area contributed by atoms with Crippen LogP contribution < -0.4 is 0 Å². The van der Waals surface area contributed by atoms with Gasteiger partial charge in [-0.1, -0.05) is 37.9 Å². The molecule has 0 amide bonds. The van der Waals surface area contributed by atoms with E-state index in [4.69, 9.17) is 0 Å². The van der Waals surface area contributed by atoms with Crippen LogP contribution in [0.3, 0.4) is 0 Å². The van der Waals surface area contributed by atoms with E-state index >= 15 is 0 Å². The van der Waals surface area contributed by atoms with Gasteiger partial charge in [0.25, 0.3) is 0 Å². The van der Waals surface area contributed by atoms with Gasteiger partial charge in [0.15, 0.2) is 5.78 Å². The van der Waals surface area contributed by atoms with E-state index in [1.807, 2.05) is 19.1 Å². The van der Waals surface area contributed by atoms with Crippen molar-refractivity contribution in [3.63, 3.8) is 0 Å². The Kier molecular flexibility index (Phi) is 4.53. The lowest BCUT2D eigenvalue weighted by Gasteiger charge is -2.06. The van der Waals surface area contributed by atoms with E-state index in [0.29, 0.717) is 15.6 Å². The smallest absolute Gasteiger partial charge is 0.168 e. The Labute approximate surface area is 128 Å². The molecule has 1 nitrogen and oxygen atoms in total. The van der Waals surface area contributed by atoms with E-state index in [1.165, 1.54) is 12.1 Å². The number of Topliss-reactive ketones (excluding diaryl/α,β-unsaturated/α-hetero) is 1. The van der Waals surface area contributed by atoms with Gasteiger partial charge in [0.2, 0.25) is 0 Å². The van der Waals surface area contributed by atoms with Crippen LogP contribution in [0.25, 0.3) is 0 Å². The van der Waals surface area contributed by atoms with Gasteiger partial charge in [0.1, 0.15) is 5.82 Å². The van der Waals surface area contributed by atoms with Gasteiger partial charge in [0.05, 0.1) is 0 Å². The number of hydrogen-bond acceptors (Lipinski definition) is 1. The molecule has 0 saturated carbocycles. The summed E-state index contributed by atoms with van der Waals surface area (Å²) in [4.78, 5) is 12.2. The Morgan fingerprint density at radius 3 is 2.53 bits per heavy atom. The molecule has 0 bridgehead atoms. The fourth-order valence-corrected chi connectivity index (χ4v) is 3.07. The molecular weight excluding hydrogens is 375 g/mol.